The molecule has 0 unspecified atom stereocenters. The number of unbranched alkanes of at least 4 members (excludes halogenated alkanes) is 18. The fourth-order valence-electron chi connectivity index (χ4n) is 4.59. The summed E-state index contributed by atoms with van der Waals surface area (Å²) in [6.07, 6.45) is 31.9. The molecule has 1 aromatic carbocycles. The van der Waals surface area contributed by atoms with E-state index in [2.05, 4.69) is 44.2 Å². The summed E-state index contributed by atoms with van der Waals surface area (Å²) in [4.78, 5) is 0. The largest absolute Gasteiger partial charge is 0.0753 e. The summed E-state index contributed by atoms with van der Waals surface area (Å²) in [7, 11) is 0.0752. The first kappa shape index (κ1) is 28.7. The zero-order valence-corrected chi connectivity index (χ0v) is 22.3. The molecule has 31 heavy (non-hydrogen) atoms. The molecule has 0 aliphatic rings. The second-order valence-corrected chi connectivity index (χ2v) is 12.2. The van der Waals surface area contributed by atoms with E-state index in [4.69, 9.17) is 0 Å². The monoisotopic (exact) mass is 446 g/mol. The van der Waals surface area contributed by atoms with Crippen LogP contribution < -0.4 is 5.30 Å². The van der Waals surface area contributed by atoms with Gasteiger partial charge in [-0.1, -0.05) is 168 Å². The highest BCUT2D eigenvalue weighted by Gasteiger charge is 2.10. The lowest BCUT2D eigenvalue weighted by atomic mass is 10.1. The van der Waals surface area contributed by atoms with Crippen LogP contribution in [-0.4, -0.2) is 12.3 Å². The van der Waals surface area contributed by atoms with Crippen molar-refractivity contribution in [3.8, 4) is 0 Å². The molecule has 0 saturated heterocycles. The summed E-state index contributed by atoms with van der Waals surface area (Å²) in [5, 5.41) is 1.66. The Balaban J connectivity index is 2.10. The minimum Gasteiger partial charge on any atom is -0.0753 e. The molecule has 180 valence electrons. The number of rotatable bonds is 23. The number of benzene rings is 1. The third-order valence-corrected chi connectivity index (χ3v) is 9.43. The molecule has 0 aliphatic heterocycles. The van der Waals surface area contributed by atoms with Crippen molar-refractivity contribution in [2.45, 2.75) is 142 Å². The van der Waals surface area contributed by atoms with E-state index < -0.39 is 0 Å². The molecular weight excluding hydrogens is 391 g/mol. The average Bonchev–Trinajstić information content (AvgIpc) is 2.80. The lowest BCUT2D eigenvalue weighted by Crippen LogP contribution is -2.06. The second kappa shape index (κ2) is 22.8. The van der Waals surface area contributed by atoms with Crippen molar-refractivity contribution in [3.63, 3.8) is 0 Å². The van der Waals surface area contributed by atoms with E-state index in [1.807, 2.05) is 0 Å². The van der Waals surface area contributed by atoms with Crippen LogP contribution in [0.3, 0.4) is 0 Å². The molecule has 1 heteroatoms. The van der Waals surface area contributed by atoms with Gasteiger partial charge in [0, 0.05) is 0 Å². The summed E-state index contributed by atoms with van der Waals surface area (Å²) in [6.45, 7) is 4.61. The number of hydrogen-bond donors (Lipinski definition) is 0. The highest BCUT2D eigenvalue weighted by atomic mass is 31.1. The molecule has 0 nitrogen and oxygen atoms in total. The molecule has 0 N–H and O–H groups in total. The van der Waals surface area contributed by atoms with Gasteiger partial charge < -0.3 is 0 Å². The number of hydrogen-bond acceptors (Lipinski definition) is 0. The van der Waals surface area contributed by atoms with Crippen LogP contribution in [0.1, 0.15) is 142 Å². The first-order valence-corrected chi connectivity index (χ1v) is 15.9. The summed E-state index contributed by atoms with van der Waals surface area (Å²) in [6, 6.07) is 11.5. The topological polar surface area (TPSA) is 0 Å². The van der Waals surface area contributed by atoms with Crippen molar-refractivity contribution in [1.82, 2.24) is 0 Å². The Bertz CT molecular complexity index is 431. The van der Waals surface area contributed by atoms with Crippen LogP contribution in [0.25, 0.3) is 0 Å². The third-order valence-electron chi connectivity index (χ3n) is 6.68. The van der Waals surface area contributed by atoms with Crippen molar-refractivity contribution in [1.29, 1.82) is 0 Å². The van der Waals surface area contributed by atoms with E-state index in [9.17, 15) is 0 Å². The molecule has 0 fully saturated rings. The lowest BCUT2D eigenvalue weighted by Gasteiger charge is -2.18. The Morgan fingerprint density at radius 2 is 0.742 bits per heavy atom. The van der Waals surface area contributed by atoms with Crippen molar-refractivity contribution >= 4 is 13.2 Å². The lowest BCUT2D eigenvalue weighted by molar-refractivity contribution is 0.561. The molecule has 0 heterocycles. The maximum atomic E-state index is 2.40. The van der Waals surface area contributed by atoms with Gasteiger partial charge in [0.25, 0.3) is 0 Å². The molecule has 0 aromatic heterocycles. The van der Waals surface area contributed by atoms with E-state index in [1.165, 1.54) is 141 Å². The van der Waals surface area contributed by atoms with E-state index in [-0.39, 0.29) is 7.92 Å². The first-order chi connectivity index (χ1) is 15.4. The normalized spacial score (nSPS) is 11.5. The summed E-state index contributed by atoms with van der Waals surface area (Å²) in [5.74, 6) is 0. The maximum Gasteiger partial charge on any atom is -0.0240 e. The summed E-state index contributed by atoms with van der Waals surface area (Å²) >= 11 is 0. The SMILES string of the molecule is CCCCCCCCCCCCP(CCCCCCCCCCCC)c1ccccc1. The van der Waals surface area contributed by atoms with Gasteiger partial charge in [0.2, 0.25) is 0 Å². The van der Waals surface area contributed by atoms with Crippen LogP contribution >= 0.6 is 7.92 Å². The molecule has 0 spiro atoms. The molecule has 0 atom stereocenters. The van der Waals surface area contributed by atoms with Crippen molar-refractivity contribution in [2.75, 3.05) is 12.3 Å². The van der Waals surface area contributed by atoms with Crippen LogP contribution in [0.15, 0.2) is 30.3 Å². The average molecular weight is 447 g/mol. The minimum atomic E-state index is 0.0752. The van der Waals surface area contributed by atoms with Crippen molar-refractivity contribution in [3.05, 3.63) is 30.3 Å². The van der Waals surface area contributed by atoms with Gasteiger partial charge in [0.15, 0.2) is 0 Å². The van der Waals surface area contributed by atoms with E-state index in [0.29, 0.717) is 0 Å². The van der Waals surface area contributed by atoms with Crippen LogP contribution in [0.2, 0.25) is 0 Å². The van der Waals surface area contributed by atoms with Crippen LogP contribution in [0.5, 0.6) is 0 Å². The fourth-order valence-corrected chi connectivity index (χ4v) is 7.13. The fraction of sp³-hybridized carbons (Fsp3) is 0.800. The summed E-state index contributed by atoms with van der Waals surface area (Å²) in [5.41, 5.74) is 0. The zero-order valence-electron chi connectivity index (χ0n) is 21.4. The van der Waals surface area contributed by atoms with E-state index >= 15 is 0 Å². The molecule has 0 aliphatic carbocycles. The van der Waals surface area contributed by atoms with Gasteiger partial charge in [-0.25, -0.2) is 0 Å². The first-order valence-electron chi connectivity index (χ1n) is 14.2. The van der Waals surface area contributed by atoms with Gasteiger partial charge in [0.05, 0.1) is 0 Å². The predicted molar refractivity (Wildman–Crippen MR) is 146 cm³/mol. The highest BCUT2D eigenvalue weighted by Crippen LogP contribution is 2.37. The molecule has 0 amide bonds. The Kier molecular flexibility index (Phi) is 21.1. The van der Waals surface area contributed by atoms with Crippen molar-refractivity contribution < 1.29 is 0 Å². The highest BCUT2D eigenvalue weighted by molar-refractivity contribution is 7.65. The Labute approximate surface area is 198 Å². The zero-order chi connectivity index (χ0) is 22.2. The molecule has 0 saturated carbocycles. The van der Waals surface area contributed by atoms with Crippen LogP contribution in [0.4, 0.5) is 0 Å². The molecule has 0 bridgehead atoms. The molecule has 1 rings (SSSR count). The summed E-state index contributed by atoms with van der Waals surface area (Å²) < 4.78 is 0. The molecule has 0 radical (unpaired) electrons. The quantitative estimate of drug-likeness (QED) is 0.116. The second-order valence-electron chi connectivity index (χ2n) is 9.69. The van der Waals surface area contributed by atoms with E-state index in [1.54, 1.807) is 5.30 Å². The smallest absolute Gasteiger partial charge is 0.0240 e. The third kappa shape index (κ3) is 17.8. The van der Waals surface area contributed by atoms with Gasteiger partial charge in [-0.05, 0) is 30.5 Å². The van der Waals surface area contributed by atoms with Crippen molar-refractivity contribution in [2.24, 2.45) is 0 Å². The van der Waals surface area contributed by atoms with E-state index in [0.717, 1.165) is 0 Å². The van der Waals surface area contributed by atoms with Crippen LogP contribution in [0, 0.1) is 0 Å². The van der Waals surface area contributed by atoms with Gasteiger partial charge >= 0.3 is 0 Å². The molecular formula is C30H55P. The van der Waals surface area contributed by atoms with Gasteiger partial charge in [-0.2, -0.15) is 0 Å². The van der Waals surface area contributed by atoms with Gasteiger partial charge in [0.1, 0.15) is 0 Å². The van der Waals surface area contributed by atoms with Gasteiger partial charge in [-0.3, -0.25) is 0 Å². The predicted octanol–water partition coefficient (Wildman–Crippen LogP) is 10.6. The Morgan fingerprint density at radius 3 is 1.10 bits per heavy atom. The molecule has 1 aromatic rings. The van der Waals surface area contributed by atoms with Gasteiger partial charge in [-0.15, -0.1) is 0 Å². The standard InChI is InChI=1S/C30H55P/c1-3-5-7-9-11-13-15-17-19-24-28-31(30-26-22-21-23-27-30)29-25-20-18-16-14-12-10-8-6-4-2/h21-23,26-27H,3-20,24-25,28-29H2,1-2H3. The van der Waals surface area contributed by atoms with Crippen LogP contribution in [-0.2, 0) is 0 Å². The minimum absolute atomic E-state index is 0.0752. The Hall–Kier alpha value is -0.350. The Morgan fingerprint density at radius 1 is 0.419 bits per heavy atom. The maximum absolute atomic E-state index is 2.40.